The third-order valence-electron chi connectivity index (χ3n) is 2.57. The monoisotopic (exact) mass is 330 g/mol. The summed E-state index contributed by atoms with van der Waals surface area (Å²) in [6.45, 7) is 1.90. The molecule has 2 N–H and O–H groups in total. The van der Waals surface area contributed by atoms with E-state index in [9.17, 15) is 4.79 Å². The number of amides is 1. The predicted molar refractivity (Wildman–Crippen MR) is 73.4 cm³/mol. The maximum Gasteiger partial charge on any atom is 0.241 e. The largest absolute Gasteiger partial charge is 0.325 e. The molecule has 0 aliphatic heterocycles. The second-order valence-electron chi connectivity index (χ2n) is 4.16. The van der Waals surface area contributed by atoms with E-state index in [0.717, 1.165) is 5.69 Å². The summed E-state index contributed by atoms with van der Waals surface area (Å²) in [5, 5.41) is 6.17. The Morgan fingerprint density at radius 1 is 1.38 bits per heavy atom. The van der Waals surface area contributed by atoms with Crippen molar-refractivity contribution in [1.29, 1.82) is 0 Å². The highest BCUT2D eigenvalue weighted by atomic mass is 127. The van der Waals surface area contributed by atoms with Crippen LogP contribution in [0.15, 0.2) is 24.3 Å². The van der Waals surface area contributed by atoms with Crippen molar-refractivity contribution in [3.63, 3.8) is 0 Å². The molecular formula is C12H15IN2O. The van der Waals surface area contributed by atoms with Gasteiger partial charge in [-0.1, -0.05) is 0 Å². The molecule has 1 unspecified atom stereocenters. The van der Waals surface area contributed by atoms with Crippen LogP contribution in [0, 0.1) is 3.57 Å². The van der Waals surface area contributed by atoms with E-state index in [4.69, 9.17) is 0 Å². The number of carbonyl (C=O) groups is 1. The zero-order chi connectivity index (χ0) is 11.5. The summed E-state index contributed by atoms with van der Waals surface area (Å²) >= 11 is 2.24. The van der Waals surface area contributed by atoms with Gasteiger partial charge in [0, 0.05) is 15.3 Å². The van der Waals surface area contributed by atoms with E-state index in [-0.39, 0.29) is 11.9 Å². The molecule has 1 saturated carbocycles. The van der Waals surface area contributed by atoms with Gasteiger partial charge in [0.05, 0.1) is 6.04 Å². The second kappa shape index (κ2) is 5.14. The summed E-state index contributed by atoms with van der Waals surface area (Å²) < 4.78 is 1.17. The molecule has 2 rings (SSSR count). The summed E-state index contributed by atoms with van der Waals surface area (Å²) in [6, 6.07) is 8.24. The molecule has 1 atom stereocenters. The van der Waals surface area contributed by atoms with Crippen LogP contribution >= 0.6 is 22.6 Å². The molecule has 0 aromatic heterocycles. The van der Waals surface area contributed by atoms with Crippen molar-refractivity contribution >= 4 is 34.2 Å². The van der Waals surface area contributed by atoms with Gasteiger partial charge in [0.15, 0.2) is 0 Å². The lowest BCUT2D eigenvalue weighted by Crippen LogP contribution is -2.39. The fourth-order valence-electron chi connectivity index (χ4n) is 1.46. The Labute approximate surface area is 109 Å². The fourth-order valence-corrected chi connectivity index (χ4v) is 1.82. The van der Waals surface area contributed by atoms with Crippen LogP contribution in [-0.2, 0) is 4.79 Å². The minimum absolute atomic E-state index is 0.0353. The Morgan fingerprint density at radius 2 is 2.00 bits per heavy atom. The average Bonchev–Trinajstić information content (AvgIpc) is 3.05. The summed E-state index contributed by atoms with van der Waals surface area (Å²) in [7, 11) is 0. The van der Waals surface area contributed by atoms with Crippen molar-refractivity contribution in [2.45, 2.75) is 31.8 Å². The van der Waals surface area contributed by atoms with E-state index in [2.05, 4.69) is 33.2 Å². The molecule has 1 fully saturated rings. The lowest BCUT2D eigenvalue weighted by molar-refractivity contribution is -0.117. The predicted octanol–water partition coefficient (Wildman–Crippen LogP) is 2.37. The molecule has 3 nitrogen and oxygen atoms in total. The first-order chi connectivity index (χ1) is 7.65. The fraction of sp³-hybridized carbons (Fsp3) is 0.417. The molecule has 0 saturated heterocycles. The molecule has 86 valence electrons. The molecule has 1 amide bonds. The van der Waals surface area contributed by atoms with Crippen LogP contribution in [0.5, 0.6) is 0 Å². The van der Waals surface area contributed by atoms with E-state index in [1.807, 2.05) is 31.2 Å². The highest BCUT2D eigenvalue weighted by Gasteiger charge is 2.25. The number of hydrogen-bond acceptors (Lipinski definition) is 2. The van der Waals surface area contributed by atoms with E-state index < -0.39 is 0 Å². The van der Waals surface area contributed by atoms with Crippen LogP contribution < -0.4 is 10.6 Å². The first-order valence-electron chi connectivity index (χ1n) is 5.47. The van der Waals surface area contributed by atoms with Crippen molar-refractivity contribution in [3.05, 3.63) is 27.8 Å². The maximum absolute atomic E-state index is 11.8. The molecule has 1 aliphatic carbocycles. The minimum atomic E-state index is -0.119. The Hall–Kier alpha value is -0.620. The van der Waals surface area contributed by atoms with Crippen molar-refractivity contribution in [2.24, 2.45) is 0 Å². The number of anilines is 1. The van der Waals surface area contributed by atoms with E-state index in [1.165, 1.54) is 16.4 Å². The van der Waals surface area contributed by atoms with Crippen molar-refractivity contribution < 1.29 is 4.79 Å². The first-order valence-corrected chi connectivity index (χ1v) is 6.55. The van der Waals surface area contributed by atoms with Gasteiger partial charge in [-0.05, 0) is 66.6 Å². The van der Waals surface area contributed by atoms with Gasteiger partial charge in [0.1, 0.15) is 0 Å². The SMILES string of the molecule is CC(NC1CC1)C(=O)Nc1ccc(I)cc1. The summed E-state index contributed by atoms with van der Waals surface area (Å²) in [6.07, 6.45) is 2.39. The van der Waals surface area contributed by atoms with Gasteiger partial charge in [-0.2, -0.15) is 0 Å². The molecule has 0 spiro atoms. The first kappa shape index (κ1) is 11.9. The van der Waals surface area contributed by atoms with Gasteiger partial charge in [-0.15, -0.1) is 0 Å². The Bertz CT molecular complexity index is 373. The zero-order valence-electron chi connectivity index (χ0n) is 9.16. The lowest BCUT2D eigenvalue weighted by Gasteiger charge is -2.13. The highest BCUT2D eigenvalue weighted by Crippen LogP contribution is 2.19. The Balaban J connectivity index is 1.87. The molecule has 0 bridgehead atoms. The van der Waals surface area contributed by atoms with Gasteiger partial charge >= 0.3 is 0 Å². The number of carbonyl (C=O) groups excluding carboxylic acids is 1. The molecule has 0 radical (unpaired) electrons. The number of nitrogens with one attached hydrogen (secondary N) is 2. The molecule has 4 heteroatoms. The van der Waals surface area contributed by atoms with Crippen LogP contribution in [0.25, 0.3) is 0 Å². The average molecular weight is 330 g/mol. The van der Waals surface area contributed by atoms with Crippen LogP contribution in [0.3, 0.4) is 0 Å². The summed E-state index contributed by atoms with van der Waals surface area (Å²) in [5.41, 5.74) is 0.856. The summed E-state index contributed by atoms with van der Waals surface area (Å²) in [4.78, 5) is 11.8. The van der Waals surface area contributed by atoms with Crippen molar-refractivity contribution in [3.8, 4) is 0 Å². The standard InChI is InChI=1S/C12H15IN2O/c1-8(14-10-6-7-10)12(16)15-11-4-2-9(13)3-5-11/h2-5,8,10,14H,6-7H2,1H3,(H,15,16). The maximum atomic E-state index is 11.8. The highest BCUT2D eigenvalue weighted by molar-refractivity contribution is 14.1. The van der Waals surface area contributed by atoms with Gasteiger partial charge in [0.2, 0.25) is 5.91 Å². The van der Waals surface area contributed by atoms with E-state index >= 15 is 0 Å². The third-order valence-corrected chi connectivity index (χ3v) is 3.29. The third kappa shape index (κ3) is 3.45. The second-order valence-corrected chi connectivity index (χ2v) is 5.40. The molecule has 1 aromatic carbocycles. The van der Waals surface area contributed by atoms with E-state index in [0.29, 0.717) is 6.04 Å². The molecule has 1 aliphatic rings. The quantitative estimate of drug-likeness (QED) is 0.833. The minimum Gasteiger partial charge on any atom is -0.325 e. The van der Waals surface area contributed by atoms with Crippen LogP contribution in [0.2, 0.25) is 0 Å². The van der Waals surface area contributed by atoms with Crippen molar-refractivity contribution in [1.82, 2.24) is 5.32 Å². The number of hydrogen-bond donors (Lipinski definition) is 2. The van der Waals surface area contributed by atoms with E-state index in [1.54, 1.807) is 0 Å². The molecule has 0 heterocycles. The van der Waals surface area contributed by atoms with Gasteiger partial charge in [-0.25, -0.2) is 0 Å². The van der Waals surface area contributed by atoms with Crippen molar-refractivity contribution in [2.75, 3.05) is 5.32 Å². The Morgan fingerprint density at radius 3 is 2.56 bits per heavy atom. The smallest absolute Gasteiger partial charge is 0.241 e. The van der Waals surface area contributed by atoms with Gasteiger partial charge in [0.25, 0.3) is 0 Å². The summed E-state index contributed by atoms with van der Waals surface area (Å²) in [5.74, 6) is 0.0353. The topological polar surface area (TPSA) is 41.1 Å². The zero-order valence-corrected chi connectivity index (χ0v) is 11.3. The number of halogens is 1. The number of benzene rings is 1. The molecular weight excluding hydrogens is 315 g/mol. The van der Waals surface area contributed by atoms with Crippen LogP contribution in [0.1, 0.15) is 19.8 Å². The number of rotatable bonds is 4. The van der Waals surface area contributed by atoms with Crippen LogP contribution in [0.4, 0.5) is 5.69 Å². The van der Waals surface area contributed by atoms with Crippen LogP contribution in [-0.4, -0.2) is 18.0 Å². The molecule has 16 heavy (non-hydrogen) atoms. The lowest BCUT2D eigenvalue weighted by atomic mass is 10.2. The normalized spacial score (nSPS) is 16.9. The van der Waals surface area contributed by atoms with Gasteiger partial charge < -0.3 is 10.6 Å². The Kier molecular flexibility index (Phi) is 3.81. The molecule has 1 aromatic rings. The van der Waals surface area contributed by atoms with Gasteiger partial charge in [-0.3, -0.25) is 4.79 Å².